The zero-order chi connectivity index (χ0) is 42.6. The van der Waals surface area contributed by atoms with Crippen LogP contribution in [0.3, 0.4) is 0 Å². The maximum atomic E-state index is 14.4. The van der Waals surface area contributed by atoms with Crippen molar-refractivity contribution in [2.75, 3.05) is 7.05 Å². The van der Waals surface area contributed by atoms with Gasteiger partial charge in [0.05, 0.1) is 29.8 Å². The molecule has 1 aliphatic heterocycles. The third-order valence-corrected chi connectivity index (χ3v) is 18.9. The van der Waals surface area contributed by atoms with Crippen LogP contribution in [0.2, 0.25) is 0 Å². The van der Waals surface area contributed by atoms with Crippen LogP contribution >= 0.6 is 0 Å². The summed E-state index contributed by atoms with van der Waals surface area (Å²) in [5.74, 6) is 3.05. The number of fused-ring (bicyclic) bond motifs is 7. The lowest BCUT2D eigenvalue weighted by molar-refractivity contribution is -0.378. The minimum absolute atomic E-state index is 0.0607. The van der Waals surface area contributed by atoms with Crippen LogP contribution in [0.4, 0.5) is 0 Å². The number of carbonyl (C=O) groups is 2. The molecule has 0 aromatic heterocycles. The topological polar surface area (TPSA) is 177 Å². The maximum absolute atomic E-state index is 14.4. The normalized spacial score (nSPS) is 47.6. The highest BCUT2D eigenvalue weighted by atomic mass is 16.5. The molecule has 0 saturated heterocycles. The summed E-state index contributed by atoms with van der Waals surface area (Å²) in [6.45, 7) is 6.28. The fourth-order valence-electron chi connectivity index (χ4n) is 16.3. The average Bonchev–Trinajstić information content (AvgIpc) is 3.68. The van der Waals surface area contributed by atoms with Gasteiger partial charge in [-0.2, -0.15) is 0 Å². The van der Waals surface area contributed by atoms with E-state index in [1.165, 1.54) is 0 Å². The Balaban J connectivity index is 1.24. The SMILES string of the molecule is CCCCCC1CC2(C=O)C3CCC45CCC#Cc6cccc(CO)c6CC(NC)C6CC(CC4(O)C3(O)C(O)C3CC(C(C)C)CCC(C1O)C32O)C5C1=CC(=O)OC16. The van der Waals surface area contributed by atoms with Crippen molar-refractivity contribution in [3.05, 3.63) is 46.5 Å². The van der Waals surface area contributed by atoms with E-state index in [0.717, 1.165) is 54.2 Å². The summed E-state index contributed by atoms with van der Waals surface area (Å²) in [5, 5.41) is 81.5. The highest BCUT2D eigenvalue weighted by Gasteiger charge is 2.85. The van der Waals surface area contributed by atoms with Gasteiger partial charge in [-0.15, -0.1) is 0 Å². The van der Waals surface area contributed by atoms with E-state index in [0.29, 0.717) is 51.4 Å². The van der Waals surface area contributed by atoms with E-state index in [4.69, 9.17) is 4.74 Å². The molecule has 4 bridgehead atoms. The summed E-state index contributed by atoms with van der Waals surface area (Å²) < 4.78 is 6.23. The van der Waals surface area contributed by atoms with Crippen LogP contribution in [0, 0.1) is 75.9 Å². The first-order valence-electron chi connectivity index (χ1n) is 23.5. The molecule has 6 saturated carbocycles. The molecule has 1 aromatic carbocycles. The molecule has 328 valence electrons. The number of hydrogen-bond donors (Lipinski definition) is 7. The summed E-state index contributed by atoms with van der Waals surface area (Å²) in [7, 11) is 1.90. The first kappa shape index (κ1) is 42.7. The molecule has 1 aromatic rings. The van der Waals surface area contributed by atoms with Crippen LogP contribution in [0.5, 0.6) is 0 Å². The number of likely N-dealkylation sites (N-methyl/N-ethyl adjacent to an activating group) is 1. The quantitative estimate of drug-likeness (QED) is 0.0838. The number of benzene rings is 1. The van der Waals surface area contributed by atoms with Crippen LogP contribution in [0.25, 0.3) is 0 Å². The summed E-state index contributed by atoms with van der Waals surface area (Å²) >= 11 is 0. The van der Waals surface area contributed by atoms with E-state index in [-0.39, 0.29) is 67.4 Å². The first-order chi connectivity index (χ1) is 28.7. The lowest BCUT2D eigenvalue weighted by atomic mass is 9.34. The van der Waals surface area contributed by atoms with Gasteiger partial charge in [0.2, 0.25) is 0 Å². The van der Waals surface area contributed by atoms with E-state index in [1.54, 1.807) is 6.08 Å². The van der Waals surface area contributed by atoms with E-state index in [1.807, 2.05) is 25.2 Å². The van der Waals surface area contributed by atoms with Crippen LogP contribution in [0.15, 0.2) is 29.8 Å². The number of unbranched alkanes of at least 4 members (excludes halogenated alkanes) is 2. The standard InChI is InChI=1S/C50H69NO9/c1-5-6-7-12-31-24-47(27-53)40-17-19-46-18-9-8-11-29-13-10-14-32(26-52)34(29)22-39(51-4)35-20-33(42(46)36-23-41(54)60-44(35)36)25-48(46,57)50(40,59)45(56)38-21-30(28(2)3)15-16-37(43(31)55)49(38,47)58/h10,13-14,23,27-28,30-31,33,35,37-40,42-45,51-52,55-59H,5-7,9,12,15-22,24-26H2,1-4H3. The van der Waals surface area contributed by atoms with Gasteiger partial charge in [-0.25, -0.2) is 4.79 Å². The molecule has 8 aliphatic rings. The Morgan fingerprint density at radius 2 is 1.82 bits per heavy atom. The molecule has 17 atom stereocenters. The molecule has 7 aliphatic carbocycles. The van der Waals surface area contributed by atoms with Crippen molar-refractivity contribution in [3.63, 3.8) is 0 Å². The number of ether oxygens (including phenoxy) is 1. The van der Waals surface area contributed by atoms with Crippen molar-refractivity contribution in [1.82, 2.24) is 5.32 Å². The van der Waals surface area contributed by atoms with Gasteiger partial charge >= 0.3 is 5.97 Å². The number of carbonyl (C=O) groups excluding carboxylic acids is 2. The van der Waals surface area contributed by atoms with E-state index in [2.05, 4.69) is 37.9 Å². The molecule has 0 radical (unpaired) electrons. The van der Waals surface area contributed by atoms with Gasteiger partial charge in [-0.3, -0.25) is 0 Å². The molecule has 10 heteroatoms. The fraction of sp³-hybridized carbons (Fsp3) is 0.760. The average molecular weight is 828 g/mol. The number of aldehydes is 1. The summed E-state index contributed by atoms with van der Waals surface area (Å²) in [5.41, 5.74) is -5.05. The van der Waals surface area contributed by atoms with Crippen LogP contribution in [0.1, 0.15) is 127 Å². The molecular formula is C50H69NO9. The Labute approximate surface area is 356 Å². The largest absolute Gasteiger partial charge is 0.454 e. The highest BCUT2D eigenvalue weighted by molar-refractivity contribution is 5.86. The van der Waals surface area contributed by atoms with Crippen molar-refractivity contribution >= 4 is 12.3 Å². The molecule has 9 rings (SSSR count). The van der Waals surface area contributed by atoms with Gasteiger partial charge in [-0.05, 0) is 130 Å². The Morgan fingerprint density at radius 3 is 2.53 bits per heavy atom. The fourth-order valence-corrected chi connectivity index (χ4v) is 16.3. The van der Waals surface area contributed by atoms with E-state index in [9.17, 15) is 40.2 Å². The molecule has 60 heavy (non-hydrogen) atoms. The monoisotopic (exact) mass is 827 g/mol. The number of esters is 1. The Morgan fingerprint density at radius 1 is 1.02 bits per heavy atom. The highest BCUT2D eigenvalue weighted by Crippen LogP contribution is 2.77. The van der Waals surface area contributed by atoms with E-state index >= 15 is 0 Å². The minimum Gasteiger partial charge on any atom is -0.454 e. The number of nitrogens with one attached hydrogen (secondary N) is 1. The molecule has 1 heterocycles. The number of hydrogen-bond acceptors (Lipinski definition) is 10. The van der Waals surface area contributed by atoms with Crippen molar-refractivity contribution in [2.45, 2.75) is 165 Å². The third-order valence-electron chi connectivity index (χ3n) is 18.9. The van der Waals surface area contributed by atoms with Gasteiger partial charge in [0.15, 0.2) is 0 Å². The predicted molar refractivity (Wildman–Crippen MR) is 225 cm³/mol. The van der Waals surface area contributed by atoms with Gasteiger partial charge < -0.3 is 45.5 Å². The first-order valence-corrected chi connectivity index (χ1v) is 23.5. The number of aliphatic hydroxyl groups excluding tert-OH is 3. The van der Waals surface area contributed by atoms with Gasteiger partial charge in [0.1, 0.15) is 23.6 Å². The third kappa shape index (κ3) is 5.58. The second kappa shape index (κ2) is 15.3. The summed E-state index contributed by atoms with van der Waals surface area (Å²) in [4.78, 5) is 27.9. The predicted octanol–water partition coefficient (Wildman–Crippen LogP) is 4.76. The maximum Gasteiger partial charge on any atom is 0.331 e. The van der Waals surface area contributed by atoms with Crippen molar-refractivity contribution in [3.8, 4) is 11.8 Å². The molecular weight excluding hydrogens is 759 g/mol. The Bertz CT molecular complexity index is 1960. The zero-order valence-electron chi connectivity index (χ0n) is 36.1. The van der Waals surface area contributed by atoms with E-state index < -0.39 is 69.7 Å². The second-order valence-corrected chi connectivity index (χ2v) is 21.2. The molecule has 6 fully saturated rings. The van der Waals surface area contributed by atoms with Gasteiger partial charge in [0.25, 0.3) is 0 Å². The summed E-state index contributed by atoms with van der Waals surface area (Å²) in [6, 6.07) is 5.61. The Hall–Kier alpha value is -2.62. The molecule has 7 N–H and O–H groups in total. The lowest BCUT2D eigenvalue weighted by Crippen LogP contribution is -2.85. The number of aliphatic hydroxyl groups is 6. The lowest BCUT2D eigenvalue weighted by Gasteiger charge is -2.73. The number of rotatable bonds is 8. The van der Waals surface area contributed by atoms with Crippen LogP contribution < -0.4 is 5.32 Å². The van der Waals surface area contributed by atoms with Gasteiger partial charge in [0, 0.05) is 53.2 Å². The van der Waals surface area contributed by atoms with Crippen LogP contribution in [-0.4, -0.2) is 91.1 Å². The Kier molecular flexibility index (Phi) is 10.9. The van der Waals surface area contributed by atoms with Gasteiger partial charge in [-0.1, -0.05) is 64.0 Å². The molecule has 0 amide bonds. The smallest absolute Gasteiger partial charge is 0.331 e. The van der Waals surface area contributed by atoms with Crippen LogP contribution in [-0.2, 0) is 27.4 Å². The molecule has 10 nitrogen and oxygen atoms in total. The minimum atomic E-state index is -2.20. The molecule has 1 spiro atoms. The second-order valence-electron chi connectivity index (χ2n) is 21.2. The van der Waals surface area contributed by atoms with Crippen molar-refractivity contribution in [2.24, 2.45) is 64.1 Å². The zero-order valence-corrected chi connectivity index (χ0v) is 36.1. The van der Waals surface area contributed by atoms with Crippen molar-refractivity contribution < 1.29 is 45.0 Å². The molecule has 17 unspecified atom stereocenters. The summed E-state index contributed by atoms with van der Waals surface area (Å²) in [6.07, 6.45) is 7.56. The van der Waals surface area contributed by atoms with Crippen molar-refractivity contribution in [1.29, 1.82) is 0 Å².